The van der Waals surface area contributed by atoms with Crippen molar-refractivity contribution in [3.63, 3.8) is 0 Å². The standard InChI is InChI=1S/C27H28F5N7O4/c1-25(2,3)43-24(42)35-19-11-26(4,29)17-10-18(28)16(21(40)36-33)9-20(17)38(22(19)41)12-14-5-7-15(8-6-14)39-13-34-23(37-39)27(30,31)32/h5-10,13,19H,11-12,33H2,1-4H3,(H,35,42)(H,36,40)/t19?,26-/m1/s1. The molecule has 0 saturated carbocycles. The number of fused-ring (bicyclic) bond motifs is 1. The molecule has 0 fully saturated rings. The van der Waals surface area contributed by atoms with Crippen LogP contribution in [0, 0.1) is 5.82 Å². The molecule has 16 heteroatoms. The van der Waals surface area contributed by atoms with Gasteiger partial charge in [-0.3, -0.25) is 15.0 Å². The van der Waals surface area contributed by atoms with Crippen LogP contribution in [0.1, 0.15) is 61.4 Å². The summed E-state index contributed by atoms with van der Waals surface area (Å²) in [5, 5.41) is 5.80. The third-order valence-electron chi connectivity index (χ3n) is 6.44. The zero-order chi connectivity index (χ0) is 31.9. The monoisotopic (exact) mass is 609 g/mol. The van der Waals surface area contributed by atoms with Crippen molar-refractivity contribution in [1.29, 1.82) is 0 Å². The fourth-order valence-corrected chi connectivity index (χ4v) is 4.52. The number of amides is 3. The number of hydrogen-bond donors (Lipinski definition) is 3. The van der Waals surface area contributed by atoms with Crippen molar-refractivity contribution in [3.8, 4) is 5.69 Å². The smallest absolute Gasteiger partial charge is 0.444 e. The lowest BCUT2D eigenvalue weighted by Crippen LogP contribution is -2.50. The molecule has 4 rings (SSSR count). The molecule has 1 aromatic heterocycles. The summed E-state index contributed by atoms with van der Waals surface area (Å²) in [7, 11) is 0. The van der Waals surface area contributed by atoms with Crippen molar-refractivity contribution in [3.05, 3.63) is 71.1 Å². The number of rotatable bonds is 5. The number of anilines is 1. The van der Waals surface area contributed by atoms with Gasteiger partial charge in [-0.2, -0.15) is 13.2 Å². The van der Waals surface area contributed by atoms with Gasteiger partial charge in [0.25, 0.3) is 11.7 Å². The van der Waals surface area contributed by atoms with Gasteiger partial charge in [-0.1, -0.05) is 12.1 Å². The SMILES string of the molecule is CC(C)(C)OC(=O)NC1C[C@@](C)(F)c2cc(F)c(C(=O)NN)cc2N(Cc2ccc(-n3cnc(C(F)(F)F)n3)cc2)C1=O. The van der Waals surface area contributed by atoms with E-state index in [1.807, 2.05) is 0 Å². The Kier molecular flexibility index (Phi) is 8.19. The molecule has 2 aromatic carbocycles. The van der Waals surface area contributed by atoms with E-state index < -0.39 is 65.0 Å². The van der Waals surface area contributed by atoms with Crippen molar-refractivity contribution in [2.75, 3.05) is 4.90 Å². The molecule has 3 amide bonds. The average Bonchev–Trinajstić information content (AvgIpc) is 3.39. The van der Waals surface area contributed by atoms with E-state index in [0.29, 0.717) is 5.56 Å². The molecule has 11 nitrogen and oxygen atoms in total. The maximum atomic E-state index is 16.2. The van der Waals surface area contributed by atoms with Gasteiger partial charge in [0, 0.05) is 12.0 Å². The first kappa shape index (κ1) is 31.3. The number of carbonyl (C=O) groups is 3. The Bertz CT molecular complexity index is 1550. The molecule has 1 unspecified atom stereocenters. The molecule has 1 aliphatic heterocycles. The third kappa shape index (κ3) is 6.90. The second kappa shape index (κ2) is 11.2. The molecule has 3 aromatic rings. The second-order valence-corrected chi connectivity index (χ2v) is 11.0. The van der Waals surface area contributed by atoms with Crippen LogP contribution in [0.4, 0.5) is 32.4 Å². The Labute approximate surface area is 242 Å². The normalized spacial score (nSPS) is 19.0. The summed E-state index contributed by atoms with van der Waals surface area (Å²) in [6.07, 6.45) is -5.43. The molecule has 2 atom stereocenters. The van der Waals surface area contributed by atoms with Crippen LogP contribution in [-0.2, 0) is 27.9 Å². The Morgan fingerprint density at radius 2 is 1.81 bits per heavy atom. The summed E-state index contributed by atoms with van der Waals surface area (Å²) in [6, 6.07) is 6.10. The molecule has 2 heterocycles. The van der Waals surface area contributed by atoms with Crippen LogP contribution in [0.3, 0.4) is 0 Å². The van der Waals surface area contributed by atoms with Gasteiger partial charge >= 0.3 is 12.3 Å². The molecule has 1 aliphatic rings. The topological polar surface area (TPSA) is 144 Å². The number of hydrogen-bond acceptors (Lipinski definition) is 7. The largest absolute Gasteiger partial charge is 0.453 e. The summed E-state index contributed by atoms with van der Waals surface area (Å²) < 4.78 is 76.1. The van der Waals surface area contributed by atoms with E-state index in [-0.39, 0.29) is 23.5 Å². The first-order valence-corrected chi connectivity index (χ1v) is 12.8. The Morgan fingerprint density at radius 1 is 1.16 bits per heavy atom. The zero-order valence-electron chi connectivity index (χ0n) is 23.4. The quantitative estimate of drug-likeness (QED) is 0.171. The molecular weight excluding hydrogens is 581 g/mol. The lowest BCUT2D eigenvalue weighted by molar-refractivity contribution is -0.144. The number of alkyl halides is 4. The minimum atomic E-state index is -4.74. The predicted octanol–water partition coefficient (Wildman–Crippen LogP) is 4.04. The number of nitrogens with one attached hydrogen (secondary N) is 2. The van der Waals surface area contributed by atoms with E-state index in [1.54, 1.807) is 26.2 Å². The highest BCUT2D eigenvalue weighted by Crippen LogP contribution is 2.42. The maximum absolute atomic E-state index is 16.2. The summed E-state index contributed by atoms with van der Waals surface area (Å²) in [5.41, 5.74) is -1.85. The minimum absolute atomic E-state index is 0.154. The third-order valence-corrected chi connectivity index (χ3v) is 6.44. The van der Waals surface area contributed by atoms with Gasteiger partial charge in [0.15, 0.2) is 0 Å². The van der Waals surface area contributed by atoms with Crippen molar-refractivity contribution in [2.24, 2.45) is 5.84 Å². The number of nitrogen functional groups attached to an aromatic ring is 1. The maximum Gasteiger partial charge on any atom is 0.453 e. The Balaban J connectivity index is 1.75. The summed E-state index contributed by atoms with van der Waals surface area (Å²) in [5.74, 6) is 0.930. The molecule has 0 spiro atoms. The van der Waals surface area contributed by atoms with Gasteiger partial charge in [0.1, 0.15) is 29.5 Å². The average molecular weight is 610 g/mol. The highest BCUT2D eigenvalue weighted by molar-refractivity contribution is 6.02. The summed E-state index contributed by atoms with van der Waals surface area (Å²) in [6.45, 7) is 5.64. The van der Waals surface area contributed by atoms with Crippen LogP contribution < -0.4 is 21.5 Å². The predicted molar refractivity (Wildman–Crippen MR) is 142 cm³/mol. The minimum Gasteiger partial charge on any atom is -0.444 e. The van der Waals surface area contributed by atoms with Crippen LogP contribution >= 0.6 is 0 Å². The first-order valence-electron chi connectivity index (χ1n) is 12.8. The van der Waals surface area contributed by atoms with Gasteiger partial charge < -0.3 is 15.0 Å². The number of nitrogens with zero attached hydrogens (tertiary/aromatic N) is 4. The fourth-order valence-electron chi connectivity index (χ4n) is 4.52. The molecule has 0 radical (unpaired) electrons. The lowest BCUT2D eigenvalue weighted by atomic mass is 9.90. The molecule has 230 valence electrons. The number of benzene rings is 2. The van der Waals surface area contributed by atoms with Gasteiger partial charge in [-0.15, -0.1) is 5.10 Å². The lowest BCUT2D eigenvalue weighted by Gasteiger charge is -2.27. The molecule has 0 aliphatic carbocycles. The Morgan fingerprint density at radius 3 is 2.37 bits per heavy atom. The van der Waals surface area contributed by atoms with Gasteiger partial charge in [0.2, 0.25) is 5.91 Å². The number of ether oxygens (including phenoxy) is 1. The van der Waals surface area contributed by atoms with Crippen LogP contribution in [-0.4, -0.2) is 44.3 Å². The number of halogens is 5. The van der Waals surface area contributed by atoms with Crippen LogP contribution in [0.15, 0.2) is 42.7 Å². The van der Waals surface area contributed by atoms with Crippen molar-refractivity contribution >= 4 is 23.6 Å². The number of carbonyl (C=O) groups excluding carboxylic acids is 3. The molecule has 0 saturated heterocycles. The number of nitrogens with two attached hydrogens (primary N) is 1. The van der Waals surface area contributed by atoms with E-state index in [1.165, 1.54) is 24.3 Å². The van der Waals surface area contributed by atoms with Crippen molar-refractivity contribution < 1.29 is 41.1 Å². The number of hydrazine groups is 1. The van der Waals surface area contributed by atoms with Crippen LogP contribution in [0.2, 0.25) is 0 Å². The number of aromatic nitrogens is 3. The first-order chi connectivity index (χ1) is 19.9. The number of alkyl carbamates (subject to hydrolysis) is 1. The second-order valence-electron chi connectivity index (χ2n) is 11.0. The van der Waals surface area contributed by atoms with E-state index in [9.17, 15) is 31.9 Å². The fraction of sp³-hybridized carbons (Fsp3) is 0.370. The van der Waals surface area contributed by atoms with E-state index >= 15 is 4.39 Å². The van der Waals surface area contributed by atoms with Crippen LogP contribution in [0.5, 0.6) is 0 Å². The van der Waals surface area contributed by atoms with Gasteiger partial charge in [-0.25, -0.2) is 29.1 Å². The summed E-state index contributed by atoms with van der Waals surface area (Å²) in [4.78, 5) is 43.0. The van der Waals surface area contributed by atoms with Crippen molar-refractivity contribution in [2.45, 2.75) is 64.1 Å². The molecule has 4 N–H and O–H groups in total. The highest BCUT2D eigenvalue weighted by atomic mass is 19.4. The molecular formula is C27H28F5N7O4. The van der Waals surface area contributed by atoms with Gasteiger partial charge in [-0.05, 0) is 57.5 Å². The zero-order valence-corrected chi connectivity index (χ0v) is 23.4. The van der Waals surface area contributed by atoms with Gasteiger partial charge in [0.05, 0.1) is 23.5 Å². The molecule has 43 heavy (non-hydrogen) atoms. The molecule has 0 bridgehead atoms. The van der Waals surface area contributed by atoms with E-state index in [4.69, 9.17) is 10.6 Å². The van der Waals surface area contributed by atoms with Crippen LogP contribution in [0.25, 0.3) is 5.69 Å². The highest BCUT2D eigenvalue weighted by Gasteiger charge is 2.44. The van der Waals surface area contributed by atoms with E-state index in [2.05, 4.69) is 15.4 Å². The summed E-state index contributed by atoms with van der Waals surface area (Å²) >= 11 is 0. The van der Waals surface area contributed by atoms with E-state index in [0.717, 1.165) is 35.0 Å². The van der Waals surface area contributed by atoms with Crippen molar-refractivity contribution in [1.82, 2.24) is 25.5 Å². The Hall–Kier alpha value is -4.60.